The number of halogens is 1. The summed E-state index contributed by atoms with van der Waals surface area (Å²) in [6.07, 6.45) is 4.24. The van der Waals surface area contributed by atoms with Gasteiger partial charge in [-0.2, -0.15) is 0 Å². The van der Waals surface area contributed by atoms with Gasteiger partial charge in [-0.1, -0.05) is 26.0 Å². The van der Waals surface area contributed by atoms with E-state index in [0.29, 0.717) is 44.6 Å². The SMILES string of the molecule is B[C@@H]1[C@H](C)C(=O)[C@](C)(F)C(=O)O[C@H](CC)[C@@]2(C)OC(=O)N(CCCCn3cc(-c4nccs4)nn3)[C@@H]2[C@@H](C)NC[C@H](C)C[C@@]1(C)OC. The van der Waals surface area contributed by atoms with E-state index < -0.39 is 52.8 Å². The van der Waals surface area contributed by atoms with Crippen molar-refractivity contribution in [1.82, 2.24) is 30.2 Å². The van der Waals surface area contributed by atoms with E-state index in [1.54, 1.807) is 43.7 Å². The van der Waals surface area contributed by atoms with E-state index in [9.17, 15) is 14.4 Å². The van der Waals surface area contributed by atoms with Gasteiger partial charge in [-0.15, -0.1) is 16.4 Å². The summed E-state index contributed by atoms with van der Waals surface area (Å²) in [6.45, 7) is 13.7. The van der Waals surface area contributed by atoms with Crippen LogP contribution in [-0.2, 0) is 30.3 Å². The van der Waals surface area contributed by atoms with Crippen LogP contribution in [-0.4, -0.2) is 106 Å². The molecule has 0 aliphatic carbocycles. The number of methoxy groups -OCH3 is 1. The smallest absolute Gasteiger partial charge is 0.410 e. The molecule has 0 unspecified atom stereocenters. The van der Waals surface area contributed by atoms with Gasteiger partial charge in [-0.05, 0) is 71.7 Å². The molecule has 9 atom stereocenters. The van der Waals surface area contributed by atoms with Gasteiger partial charge < -0.3 is 19.5 Å². The molecule has 0 saturated carbocycles. The van der Waals surface area contributed by atoms with Crippen LogP contribution in [0.5, 0.6) is 0 Å². The summed E-state index contributed by atoms with van der Waals surface area (Å²) in [7, 11) is 3.45. The first kappa shape index (κ1) is 36.9. The molecule has 2 aromatic heterocycles. The number of esters is 1. The van der Waals surface area contributed by atoms with Gasteiger partial charge in [0.2, 0.25) is 0 Å². The molecule has 0 spiro atoms. The Morgan fingerprint density at radius 1 is 1.17 bits per heavy atom. The highest BCUT2D eigenvalue weighted by molar-refractivity contribution is 7.13. The van der Waals surface area contributed by atoms with Gasteiger partial charge in [-0.25, -0.2) is 19.0 Å². The molecular weight excluding hydrogens is 626 g/mol. The monoisotopic (exact) mass is 676 g/mol. The maximum atomic E-state index is 16.2. The van der Waals surface area contributed by atoms with E-state index in [1.165, 1.54) is 11.3 Å². The topological polar surface area (TPSA) is 138 Å². The maximum absolute atomic E-state index is 16.2. The molecule has 2 saturated heterocycles. The van der Waals surface area contributed by atoms with Gasteiger partial charge >= 0.3 is 12.1 Å². The molecule has 2 aliphatic heterocycles. The van der Waals surface area contributed by atoms with Crippen LogP contribution in [0.15, 0.2) is 17.8 Å². The summed E-state index contributed by atoms with van der Waals surface area (Å²) in [5, 5.41) is 14.7. The van der Waals surface area contributed by atoms with E-state index in [-0.39, 0.29) is 24.2 Å². The summed E-state index contributed by atoms with van der Waals surface area (Å²) >= 11 is 1.49. The van der Waals surface area contributed by atoms with Crippen molar-refractivity contribution in [3.8, 4) is 10.7 Å². The van der Waals surface area contributed by atoms with E-state index in [0.717, 1.165) is 11.9 Å². The second kappa shape index (κ2) is 14.7. The van der Waals surface area contributed by atoms with Gasteiger partial charge in [0.15, 0.2) is 11.4 Å². The summed E-state index contributed by atoms with van der Waals surface area (Å²) in [5.41, 5.74) is -4.26. The average molecular weight is 677 g/mol. The molecule has 15 heteroatoms. The molecule has 1 N–H and O–H groups in total. The standard InChI is InChI=1S/C32H50BFN6O6S/c1-9-23-32(7)25(40(29(43)46-32)14-11-10-13-39-18-22(37-38-39)27-35-12-15-47-27)21(4)36-17-19(2)16-30(5,44-8)24(33)20(3)26(41)31(6,34)28(42)45-23/h12,15,18-21,23-25,36H,9-11,13-14,16-17,33H2,1-8H3/t19-,20+,21-,23-,24-,25-,30-,31+,32-/m1/s1. The highest BCUT2D eigenvalue weighted by Crippen LogP contribution is 2.41. The Balaban J connectivity index is 1.58. The number of fused-ring (bicyclic) bond motifs is 1. The third-order valence-electron chi connectivity index (χ3n) is 10.4. The molecule has 47 heavy (non-hydrogen) atoms. The summed E-state index contributed by atoms with van der Waals surface area (Å²) in [6, 6.07) is -0.840. The Hall–Kier alpha value is -2.91. The fourth-order valence-electron chi connectivity index (χ4n) is 7.24. The number of hydrogen-bond acceptors (Lipinski definition) is 11. The number of alkyl halides is 1. The van der Waals surface area contributed by atoms with E-state index in [2.05, 4.69) is 27.5 Å². The fourth-order valence-corrected chi connectivity index (χ4v) is 7.83. The Morgan fingerprint density at radius 3 is 2.51 bits per heavy atom. The minimum Gasteiger partial charge on any atom is -0.455 e. The number of carbonyl (C=O) groups is 3. The normalized spacial score (nSPS) is 35.9. The van der Waals surface area contributed by atoms with Gasteiger partial charge in [0.05, 0.1) is 17.8 Å². The minimum atomic E-state index is -2.90. The van der Waals surface area contributed by atoms with Gasteiger partial charge in [-0.3, -0.25) is 14.4 Å². The summed E-state index contributed by atoms with van der Waals surface area (Å²) in [5.74, 6) is -3.26. The first-order chi connectivity index (χ1) is 22.1. The van der Waals surface area contributed by atoms with Crippen molar-refractivity contribution in [3.63, 3.8) is 0 Å². The van der Waals surface area contributed by atoms with Crippen LogP contribution in [0.2, 0.25) is 5.82 Å². The Bertz CT molecular complexity index is 1400. The number of aryl methyl sites for hydroxylation is 1. The second-order valence-corrected chi connectivity index (χ2v) is 14.8. The average Bonchev–Trinajstić information content (AvgIpc) is 3.79. The maximum Gasteiger partial charge on any atom is 0.410 e. The molecule has 4 heterocycles. The molecule has 0 aromatic carbocycles. The lowest BCUT2D eigenvalue weighted by Crippen LogP contribution is -2.61. The number of thiazole rings is 1. The molecule has 260 valence electrons. The highest BCUT2D eigenvalue weighted by atomic mass is 32.1. The van der Waals surface area contributed by atoms with Crippen molar-refractivity contribution in [3.05, 3.63) is 17.8 Å². The summed E-state index contributed by atoms with van der Waals surface area (Å²) in [4.78, 5) is 46.5. The first-order valence-corrected chi connectivity index (χ1v) is 17.5. The molecule has 4 rings (SSSR count). The van der Waals surface area contributed by atoms with Crippen molar-refractivity contribution in [2.75, 3.05) is 20.2 Å². The van der Waals surface area contributed by atoms with Crippen LogP contribution >= 0.6 is 11.3 Å². The number of aromatic nitrogens is 4. The number of amides is 1. The van der Waals surface area contributed by atoms with Crippen molar-refractivity contribution in [2.45, 2.75) is 122 Å². The number of carbonyl (C=O) groups excluding carboxylic acids is 3. The number of rotatable bonds is 8. The Kier molecular flexibility index (Phi) is 11.5. The van der Waals surface area contributed by atoms with Crippen LogP contribution in [0.3, 0.4) is 0 Å². The zero-order valence-electron chi connectivity index (χ0n) is 29.1. The predicted octanol–water partition coefficient (Wildman–Crippen LogP) is 3.86. The molecule has 2 fully saturated rings. The van der Waals surface area contributed by atoms with Crippen molar-refractivity contribution >= 4 is 37.0 Å². The number of ketones is 1. The number of unbranched alkanes of at least 4 members (excludes halogenated alkanes) is 1. The zero-order valence-corrected chi connectivity index (χ0v) is 29.9. The lowest BCUT2D eigenvalue weighted by Gasteiger charge is -2.41. The van der Waals surface area contributed by atoms with Gasteiger partial charge in [0, 0.05) is 43.7 Å². The number of nitrogens with zero attached hydrogens (tertiary/aromatic N) is 5. The van der Waals surface area contributed by atoms with Crippen molar-refractivity contribution < 1.29 is 33.0 Å². The van der Waals surface area contributed by atoms with Gasteiger partial charge in [0.1, 0.15) is 24.7 Å². The van der Waals surface area contributed by atoms with Crippen molar-refractivity contribution in [2.24, 2.45) is 11.8 Å². The van der Waals surface area contributed by atoms with Crippen LogP contribution in [0.4, 0.5) is 9.18 Å². The molecule has 2 aromatic rings. The number of hydrogen-bond donors (Lipinski definition) is 1. The Morgan fingerprint density at radius 2 is 1.87 bits per heavy atom. The van der Waals surface area contributed by atoms with E-state index >= 15 is 4.39 Å². The largest absolute Gasteiger partial charge is 0.455 e. The number of cyclic esters (lactones) is 1. The number of ether oxygens (including phenoxy) is 3. The minimum absolute atomic E-state index is 0.101. The molecule has 0 radical (unpaired) electrons. The lowest BCUT2D eigenvalue weighted by molar-refractivity contribution is -0.179. The second-order valence-electron chi connectivity index (χ2n) is 13.9. The molecular formula is C32H50BFN6O6S. The quantitative estimate of drug-likeness (QED) is 0.190. The number of Topliss-reactive ketones (excluding diaryl/α,β-unsaturated/α-hetero) is 1. The van der Waals surface area contributed by atoms with Crippen LogP contribution in [0.25, 0.3) is 10.7 Å². The molecule has 0 bridgehead atoms. The molecule has 1 amide bonds. The molecule has 12 nitrogen and oxygen atoms in total. The highest BCUT2D eigenvalue weighted by Gasteiger charge is 2.59. The molecule has 2 aliphatic rings. The van der Waals surface area contributed by atoms with E-state index in [4.69, 9.17) is 14.2 Å². The third-order valence-corrected chi connectivity index (χ3v) is 11.2. The zero-order chi connectivity index (χ0) is 34.7. The summed E-state index contributed by atoms with van der Waals surface area (Å²) < 4.78 is 35.7. The number of nitrogens with one attached hydrogen (secondary N) is 1. The third kappa shape index (κ3) is 7.56. The van der Waals surface area contributed by atoms with Crippen molar-refractivity contribution in [1.29, 1.82) is 0 Å². The lowest BCUT2D eigenvalue weighted by atomic mass is 9.62. The predicted molar refractivity (Wildman–Crippen MR) is 179 cm³/mol. The van der Waals surface area contributed by atoms with E-state index in [1.807, 2.05) is 33.3 Å². The van der Waals surface area contributed by atoms with Gasteiger partial charge in [0.25, 0.3) is 5.67 Å². The van der Waals surface area contributed by atoms with Crippen LogP contribution < -0.4 is 5.32 Å². The van der Waals surface area contributed by atoms with Crippen LogP contribution in [0.1, 0.15) is 74.1 Å². The first-order valence-electron chi connectivity index (χ1n) is 16.6. The van der Waals surface area contributed by atoms with Crippen LogP contribution in [0, 0.1) is 11.8 Å². The Labute approximate surface area is 281 Å². The fraction of sp³-hybridized carbons (Fsp3) is 0.750.